The number of aromatic nitrogens is 1. The highest BCUT2D eigenvalue weighted by Gasteiger charge is 2.20. The molecule has 0 aromatic carbocycles. The first-order valence-corrected chi connectivity index (χ1v) is 9.07. The van der Waals surface area contributed by atoms with Crippen LogP contribution in [0.4, 0.5) is 5.13 Å². The average Bonchev–Trinajstić information content (AvgIpc) is 3.07. The fraction of sp³-hybridized carbons (Fsp3) is 0.688. The molecule has 128 valence electrons. The Bertz CT molecular complexity index is 544. The Morgan fingerprint density at radius 2 is 2.26 bits per heavy atom. The van der Waals surface area contributed by atoms with Gasteiger partial charge >= 0.3 is 0 Å². The summed E-state index contributed by atoms with van der Waals surface area (Å²) in [5.41, 5.74) is 0.370. The molecule has 1 saturated heterocycles. The van der Waals surface area contributed by atoms with Gasteiger partial charge in [-0.2, -0.15) is 0 Å². The zero-order valence-electron chi connectivity index (χ0n) is 14.1. The minimum absolute atomic E-state index is 0.0643. The molecule has 7 heteroatoms. The van der Waals surface area contributed by atoms with Crippen LogP contribution >= 0.6 is 11.3 Å². The number of rotatable bonds is 7. The maximum Gasteiger partial charge on any atom is 0.270 e. The predicted octanol–water partition coefficient (Wildman–Crippen LogP) is 2.34. The van der Waals surface area contributed by atoms with Crippen molar-refractivity contribution in [2.75, 3.05) is 25.5 Å². The van der Waals surface area contributed by atoms with Crippen LogP contribution in [-0.4, -0.2) is 47.9 Å². The van der Waals surface area contributed by atoms with E-state index in [1.54, 1.807) is 5.38 Å². The quantitative estimate of drug-likeness (QED) is 0.800. The summed E-state index contributed by atoms with van der Waals surface area (Å²) in [5, 5.41) is 7.81. The first-order chi connectivity index (χ1) is 11.0. The Kier molecular flexibility index (Phi) is 6.53. The van der Waals surface area contributed by atoms with Gasteiger partial charge in [-0.3, -0.25) is 9.59 Å². The summed E-state index contributed by atoms with van der Waals surface area (Å²) in [6.45, 7) is 5.77. The zero-order valence-corrected chi connectivity index (χ0v) is 14.9. The van der Waals surface area contributed by atoms with Crippen LogP contribution in [0, 0.1) is 5.92 Å². The van der Waals surface area contributed by atoms with Crippen molar-refractivity contribution < 1.29 is 9.59 Å². The SMILES string of the molecule is CC(C)CC(=O)Nc1nc(C(=O)NCCC2CCCN2C)cs1. The Balaban J connectivity index is 1.75. The lowest BCUT2D eigenvalue weighted by molar-refractivity contribution is -0.116. The van der Waals surface area contributed by atoms with Crippen LogP contribution < -0.4 is 10.6 Å². The summed E-state index contributed by atoms with van der Waals surface area (Å²) in [4.78, 5) is 30.3. The van der Waals surface area contributed by atoms with E-state index in [9.17, 15) is 9.59 Å². The fourth-order valence-corrected chi connectivity index (χ4v) is 3.47. The van der Waals surface area contributed by atoms with Gasteiger partial charge in [-0.15, -0.1) is 11.3 Å². The summed E-state index contributed by atoms with van der Waals surface area (Å²) in [7, 11) is 2.13. The molecule has 2 N–H and O–H groups in total. The highest BCUT2D eigenvalue weighted by atomic mass is 32.1. The van der Waals surface area contributed by atoms with Gasteiger partial charge in [0.05, 0.1) is 0 Å². The van der Waals surface area contributed by atoms with E-state index in [1.165, 1.54) is 24.2 Å². The number of hydrogen-bond donors (Lipinski definition) is 2. The van der Waals surface area contributed by atoms with Crippen LogP contribution in [-0.2, 0) is 4.79 Å². The number of hydrogen-bond acceptors (Lipinski definition) is 5. The van der Waals surface area contributed by atoms with Gasteiger partial charge in [-0.1, -0.05) is 13.8 Å². The summed E-state index contributed by atoms with van der Waals surface area (Å²) in [6.07, 6.45) is 3.86. The highest BCUT2D eigenvalue weighted by Crippen LogP contribution is 2.18. The molecule has 0 bridgehead atoms. The molecular formula is C16H26N4O2S. The molecule has 1 aliphatic rings. The van der Waals surface area contributed by atoms with Crippen molar-refractivity contribution in [3.8, 4) is 0 Å². The van der Waals surface area contributed by atoms with Crippen LogP contribution in [0.15, 0.2) is 5.38 Å². The van der Waals surface area contributed by atoms with Gasteiger partial charge in [0.1, 0.15) is 5.69 Å². The van der Waals surface area contributed by atoms with Crippen molar-refractivity contribution >= 4 is 28.3 Å². The van der Waals surface area contributed by atoms with Gasteiger partial charge in [0.15, 0.2) is 5.13 Å². The number of likely N-dealkylation sites (tertiary alicyclic amines) is 1. The second-order valence-corrected chi connectivity index (χ2v) is 7.36. The zero-order chi connectivity index (χ0) is 16.8. The number of anilines is 1. The first-order valence-electron chi connectivity index (χ1n) is 8.19. The molecule has 1 atom stereocenters. The second-order valence-electron chi connectivity index (χ2n) is 6.51. The van der Waals surface area contributed by atoms with Crippen molar-refractivity contribution in [3.05, 3.63) is 11.1 Å². The molecular weight excluding hydrogens is 312 g/mol. The molecule has 0 aliphatic carbocycles. The van der Waals surface area contributed by atoms with Crippen LogP contribution in [0.25, 0.3) is 0 Å². The number of nitrogens with zero attached hydrogens (tertiary/aromatic N) is 2. The lowest BCUT2D eigenvalue weighted by Gasteiger charge is -2.19. The van der Waals surface area contributed by atoms with E-state index in [4.69, 9.17) is 0 Å². The molecule has 2 amide bonds. The van der Waals surface area contributed by atoms with Crippen LogP contribution in [0.1, 0.15) is 50.0 Å². The Hall–Kier alpha value is -1.47. The standard InChI is InChI=1S/C16H26N4O2S/c1-11(2)9-14(21)19-16-18-13(10-23-16)15(22)17-7-6-12-5-4-8-20(12)3/h10-12H,4-9H2,1-3H3,(H,17,22)(H,18,19,21). The normalized spacial score (nSPS) is 18.3. The lowest BCUT2D eigenvalue weighted by Crippen LogP contribution is -2.31. The molecule has 6 nitrogen and oxygen atoms in total. The molecule has 1 aromatic rings. The van der Waals surface area contributed by atoms with Crippen molar-refractivity contribution in [2.24, 2.45) is 5.92 Å². The molecule has 1 aliphatic heterocycles. The van der Waals surface area contributed by atoms with E-state index in [0.29, 0.717) is 35.8 Å². The third-order valence-corrected chi connectivity index (χ3v) is 4.77. The third-order valence-electron chi connectivity index (χ3n) is 4.01. The van der Waals surface area contributed by atoms with Gasteiger partial charge in [0.2, 0.25) is 5.91 Å². The van der Waals surface area contributed by atoms with Crippen LogP contribution in [0.2, 0.25) is 0 Å². The van der Waals surface area contributed by atoms with Crippen LogP contribution in [0.5, 0.6) is 0 Å². The van der Waals surface area contributed by atoms with Crippen LogP contribution in [0.3, 0.4) is 0 Å². The minimum Gasteiger partial charge on any atom is -0.351 e. The molecule has 2 rings (SSSR count). The van der Waals surface area contributed by atoms with Gasteiger partial charge < -0.3 is 15.5 Å². The summed E-state index contributed by atoms with van der Waals surface area (Å²) in [6, 6.07) is 0.566. The smallest absolute Gasteiger partial charge is 0.270 e. The molecule has 0 spiro atoms. The molecule has 2 heterocycles. The summed E-state index contributed by atoms with van der Waals surface area (Å²) in [5.74, 6) is 0.0586. The molecule has 1 aromatic heterocycles. The second kappa shape index (κ2) is 8.40. The van der Waals surface area contributed by atoms with Crippen molar-refractivity contribution in [1.29, 1.82) is 0 Å². The largest absolute Gasteiger partial charge is 0.351 e. The number of amides is 2. The number of thiazole rings is 1. The van der Waals surface area contributed by atoms with Gasteiger partial charge in [0, 0.05) is 24.4 Å². The Labute approximate surface area is 141 Å². The van der Waals surface area contributed by atoms with Gasteiger partial charge in [-0.25, -0.2) is 4.98 Å². The van der Waals surface area contributed by atoms with Crippen molar-refractivity contribution in [1.82, 2.24) is 15.2 Å². The number of carbonyl (C=O) groups is 2. The maximum atomic E-state index is 12.1. The van der Waals surface area contributed by atoms with E-state index in [0.717, 1.165) is 13.0 Å². The minimum atomic E-state index is -0.175. The molecule has 23 heavy (non-hydrogen) atoms. The third kappa shape index (κ3) is 5.58. The van der Waals surface area contributed by atoms with Gasteiger partial charge in [0.25, 0.3) is 5.91 Å². The van der Waals surface area contributed by atoms with E-state index in [-0.39, 0.29) is 11.8 Å². The lowest BCUT2D eigenvalue weighted by atomic mass is 10.1. The maximum absolute atomic E-state index is 12.1. The Morgan fingerprint density at radius 3 is 2.91 bits per heavy atom. The van der Waals surface area contributed by atoms with Crippen molar-refractivity contribution in [3.63, 3.8) is 0 Å². The van der Waals surface area contributed by atoms with E-state index >= 15 is 0 Å². The molecule has 0 saturated carbocycles. The molecule has 0 radical (unpaired) electrons. The highest BCUT2D eigenvalue weighted by molar-refractivity contribution is 7.14. The first kappa shape index (κ1) is 17.9. The van der Waals surface area contributed by atoms with E-state index in [1.807, 2.05) is 13.8 Å². The van der Waals surface area contributed by atoms with Crippen molar-refractivity contribution in [2.45, 2.75) is 45.6 Å². The summed E-state index contributed by atoms with van der Waals surface area (Å²) < 4.78 is 0. The fourth-order valence-electron chi connectivity index (χ4n) is 2.76. The topological polar surface area (TPSA) is 74.3 Å². The van der Waals surface area contributed by atoms with Gasteiger partial charge in [-0.05, 0) is 38.8 Å². The average molecular weight is 338 g/mol. The number of nitrogens with one attached hydrogen (secondary N) is 2. The van der Waals surface area contributed by atoms with E-state index in [2.05, 4.69) is 27.6 Å². The summed E-state index contributed by atoms with van der Waals surface area (Å²) >= 11 is 1.28. The predicted molar refractivity (Wildman–Crippen MR) is 92.8 cm³/mol. The number of carbonyl (C=O) groups excluding carboxylic acids is 2. The molecule has 1 unspecified atom stereocenters. The van der Waals surface area contributed by atoms with E-state index < -0.39 is 0 Å². The Morgan fingerprint density at radius 1 is 1.48 bits per heavy atom. The monoisotopic (exact) mass is 338 g/mol. The molecule has 1 fully saturated rings.